The van der Waals surface area contributed by atoms with Crippen molar-refractivity contribution in [1.82, 2.24) is 4.98 Å². The summed E-state index contributed by atoms with van der Waals surface area (Å²) in [6, 6.07) is 8.41. The first-order valence-corrected chi connectivity index (χ1v) is 7.16. The predicted molar refractivity (Wildman–Crippen MR) is 83.2 cm³/mol. The predicted octanol–water partition coefficient (Wildman–Crippen LogP) is 3.51. The van der Waals surface area contributed by atoms with E-state index in [2.05, 4.69) is 23.3 Å². The molecule has 0 aliphatic heterocycles. The van der Waals surface area contributed by atoms with Gasteiger partial charge in [0.15, 0.2) is 11.5 Å². The molecule has 1 aliphatic carbocycles. The lowest BCUT2D eigenvalue weighted by Gasteiger charge is -2.18. The molecule has 21 heavy (non-hydrogen) atoms. The number of anilines is 1. The number of benzene rings is 1. The summed E-state index contributed by atoms with van der Waals surface area (Å²) in [5, 5.41) is 3.59. The van der Waals surface area contributed by atoms with Crippen LogP contribution in [0.3, 0.4) is 0 Å². The molecule has 2 aromatic rings. The van der Waals surface area contributed by atoms with Gasteiger partial charge >= 0.3 is 0 Å². The minimum absolute atomic E-state index is 0.262. The standard InChI is InChI=1S/C17H20N2O2/c1-11-9-15(20-2)16(21-3)10-14(11)19-13-7-6-12-5-4-8-18-17(12)13/h4-5,8-10,13,19H,6-7H2,1-3H3. The van der Waals surface area contributed by atoms with Crippen LogP contribution in [0.1, 0.15) is 29.3 Å². The van der Waals surface area contributed by atoms with Gasteiger partial charge in [0.25, 0.3) is 0 Å². The summed E-state index contributed by atoms with van der Waals surface area (Å²) in [5.41, 5.74) is 4.70. The van der Waals surface area contributed by atoms with Gasteiger partial charge in [0.05, 0.1) is 26.0 Å². The fraction of sp³-hybridized carbons (Fsp3) is 0.353. The fourth-order valence-corrected chi connectivity index (χ4v) is 2.88. The van der Waals surface area contributed by atoms with E-state index in [4.69, 9.17) is 9.47 Å². The molecule has 0 radical (unpaired) electrons. The van der Waals surface area contributed by atoms with Gasteiger partial charge < -0.3 is 14.8 Å². The molecule has 1 aromatic heterocycles. The maximum atomic E-state index is 5.39. The Bertz CT molecular complexity index is 655. The van der Waals surface area contributed by atoms with E-state index in [0.29, 0.717) is 0 Å². The summed E-state index contributed by atoms with van der Waals surface area (Å²) in [7, 11) is 3.31. The van der Waals surface area contributed by atoms with Crippen LogP contribution in [-0.4, -0.2) is 19.2 Å². The zero-order valence-corrected chi connectivity index (χ0v) is 12.6. The Hall–Kier alpha value is -2.23. The van der Waals surface area contributed by atoms with E-state index < -0.39 is 0 Å². The van der Waals surface area contributed by atoms with E-state index in [0.717, 1.165) is 41.3 Å². The molecule has 0 bridgehead atoms. The molecule has 1 aromatic carbocycles. The summed E-state index contributed by atoms with van der Waals surface area (Å²) < 4.78 is 10.7. The SMILES string of the molecule is COc1cc(C)c(NC2CCc3cccnc32)cc1OC. The van der Waals surface area contributed by atoms with Crippen molar-refractivity contribution < 1.29 is 9.47 Å². The number of methoxy groups -OCH3 is 2. The number of hydrogen-bond acceptors (Lipinski definition) is 4. The smallest absolute Gasteiger partial charge is 0.162 e. The van der Waals surface area contributed by atoms with Crippen LogP contribution in [0.2, 0.25) is 0 Å². The van der Waals surface area contributed by atoms with Gasteiger partial charge in [0.1, 0.15) is 0 Å². The largest absolute Gasteiger partial charge is 0.493 e. The maximum absolute atomic E-state index is 5.39. The number of aromatic nitrogens is 1. The van der Waals surface area contributed by atoms with E-state index in [1.54, 1.807) is 14.2 Å². The van der Waals surface area contributed by atoms with Crippen LogP contribution in [0, 0.1) is 6.92 Å². The molecular formula is C17H20N2O2. The molecule has 4 heteroatoms. The van der Waals surface area contributed by atoms with Crippen LogP contribution in [0.4, 0.5) is 5.69 Å². The Labute approximate surface area is 125 Å². The number of pyridine rings is 1. The zero-order chi connectivity index (χ0) is 14.8. The summed E-state index contributed by atoms with van der Waals surface area (Å²) in [6.45, 7) is 2.07. The molecule has 0 saturated heterocycles. The Morgan fingerprint density at radius 1 is 1.19 bits per heavy atom. The lowest BCUT2D eigenvalue weighted by molar-refractivity contribution is 0.355. The number of nitrogens with zero attached hydrogens (tertiary/aromatic N) is 1. The first-order valence-electron chi connectivity index (χ1n) is 7.16. The number of hydrogen-bond donors (Lipinski definition) is 1. The number of aryl methyl sites for hydroxylation is 2. The molecule has 1 atom stereocenters. The van der Waals surface area contributed by atoms with Crippen molar-refractivity contribution in [3.8, 4) is 11.5 Å². The van der Waals surface area contributed by atoms with E-state index in [9.17, 15) is 0 Å². The Kier molecular flexibility index (Phi) is 3.69. The number of nitrogens with one attached hydrogen (secondary N) is 1. The molecule has 0 spiro atoms. The maximum Gasteiger partial charge on any atom is 0.162 e. The number of fused-ring (bicyclic) bond motifs is 1. The lowest BCUT2D eigenvalue weighted by Crippen LogP contribution is -2.10. The summed E-state index contributed by atoms with van der Waals surface area (Å²) >= 11 is 0. The van der Waals surface area contributed by atoms with Crippen molar-refractivity contribution in [2.75, 3.05) is 19.5 Å². The minimum Gasteiger partial charge on any atom is -0.493 e. The topological polar surface area (TPSA) is 43.4 Å². The summed E-state index contributed by atoms with van der Waals surface area (Å²) in [5.74, 6) is 1.50. The fourth-order valence-electron chi connectivity index (χ4n) is 2.88. The van der Waals surface area contributed by atoms with Crippen molar-refractivity contribution in [3.05, 3.63) is 47.3 Å². The van der Waals surface area contributed by atoms with Crippen LogP contribution in [0.25, 0.3) is 0 Å². The molecule has 1 unspecified atom stereocenters. The van der Waals surface area contributed by atoms with Crippen molar-refractivity contribution in [1.29, 1.82) is 0 Å². The second kappa shape index (κ2) is 5.64. The van der Waals surface area contributed by atoms with Gasteiger partial charge in [-0.25, -0.2) is 0 Å². The molecule has 1 heterocycles. The van der Waals surface area contributed by atoms with E-state index in [1.165, 1.54) is 5.56 Å². The zero-order valence-electron chi connectivity index (χ0n) is 12.6. The van der Waals surface area contributed by atoms with Crippen LogP contribution in [-0.2, 0) is 6.42 Å². The van der Waals surface area contributed by atoms with Gasteiger partial charge in [-0.15, -0.1) is 0 Å². The molecule has 1 N–H and O–H groups in total. The van der Waals surface area contributed by atoms with Crippen molar-refractivity contribution in [2.45, 2.75) is 25.8 Å². The highest BCUT2D eigenvalue weighted by Gasteiger charge is 2.24. The highest BCUT2D eigenvalue weighted by atomic mass is 16.5. The van der Waals surface area contributed by atoms with Crippen LogP contribution >= 0.6 is 0 Å². The monoisotopic (exact) mass is 284 g/mol. The van der Waals surface area contributed by atoms with Gasteiger partial charge in [-0.3, -0.25) is 4.98 Å². The molecule has 0 fully saturated rings. The van der Waals surface area contributed by atoms with E-state index >= 15 is 0 Å². The average molecular weight is 284 g/mol. The number of ether oxygens (including phenoxy) is 2. The van der Waals surface area contributed by atoms with Gasteiger partial charge in [-0.2, -0.15) is 0 Å². The second-order valence-electron chi connectivity index (χ2n) is 5.31. The molecule has 4 nitrogen and oxygen atoms in total. The summed E-state index contributed by atoms with van der Waals surface area (Å²) in [4.78, 5) is 4.52. The second-order valence-corrected chi connectivity index (χ2v) is 5.31. The third-order valence-corrected chi connectivity index (χ3v) is 4.02. The van der Waals surface area contributed by atoms with Gasteiger partial charge in [0.2, 0.25) is 0 Å². The van der Waals surface area contributed by atoms with E-state index in [-0.39, 0.29) is 6.04 Å². The van der Waals surface area contributed by atoms with Crippen LogP contribution in [0.5, 0.6) is 11.5 Å². The first-order chi connectivity index (χ1) is 10.2. The summed E-state index contributed by atoms with van der Waals surface area (Å²) in [6.07, 6.45) is 4.01. The average Bonchev–Trinajstić information content (AvgIpc) is 2.92. The van der Waals surface area contributed by atoms with E-state index in [1.807, 2.05) is 24.4 Å². The third kappa shape index (κ3) is 2.53. The van der Waals surface area contributed by atoms with Crippen molar-refractivity contribution >= 4 is 5.69 Å². The van der Waals surface area contributed by atoms with Gasteiger partial charge in [0, 0.05) is 18.0 Å². The van der Waals surface area contributed by atoms with Crippen molar-refractivity contribution in [2.24, 2.45) is 0 Å². The Morgan fingerprint density at radius 3 is 2.71 bits per heavy atom. The Balaban J connectivity index is 1.89. The quantitative estimate of drug-likeness (QED) is 0.933. The molecule has 1 aliphatic rings. The van der Waals surface area contributed by atoms with Crippen molar-refractivity contribution in [3.63, 3.8) is 0 Å². The normalized spacial score (nSPS) is 16.4. The third-order valence-electron chi connectivity index (χ3n) is 4.02. The minimum atomic E-state index is 0.262. The molecule has 3 rings (SSSR count). The van der Waals surface area contributed by atoms with Crippen LogP contribution in [0.15, 0.2) is 30.5 Å². The van der Waals surface area contributed by atoms with Gasteiger partial charge in [-0.1, -0.05) is 6.07 Å². The molecular weight excluding hydrogens is 264 g/mol. The lowest BCUT2D eigenvalue weighted by atomic mass is 10.1. The van der Waals surface area contributed by atoms with Gasteiger partial charge in [-0.05, 0) is 43.0 Å². The van der Waals surface area contributed by atoms with Crippen LogP contribution < -0.4 is 14.8 Å². The molecule has 0 amide bonds. The highest BCUT2D eigenvalue weighted by molar-refractivity contribution is 5.61. The molecule has 110 valence electrons. The highest BCUT2D eigenvalue weighted by Crippen LogP contribution is 2.37. The first kappa shape index (κ1) is 13.7. The molecule has 0 saturated carbocycles. The Morgan fingerprint density at radius 2 is 1.95 bits per heavy atom. The number of rotatable bonds is 4.